The van der Waals surface area contributed by atoms with E-state index in [4.69, 9.17) is 0 Å². The smallest absolute Gasteiger partial charge is 0.253 e. The molecule has 138 valence electrons. The summed E-state index contributed by atoms with van der Waals surface area (Å²) in [4.78, 5) is 29.2. The maximum Gasteiger partial charge on any atom is 0.253 e. The van der Waals surface area contributed by atoms with Gasteiger partial charge in [0, 0.05) is 24.8 Å². The van der Waals surface area contributed by atoms with Crippen molar-refractivity contribution >= 4 is 5.91 Å². The Hall–Kier alpha value is -3.21. The van der Waals surface area contributed by atoms with Crippen molar-refractivity contribution in [2.45, 2.75) is 25.8 Å². The highest BCUT2D eigenvalue weighted by atomic mass is 16.2. The van der Waals surface area contributed by atoms with Crippen LogP contribution >= 0.6 is 0 Å². The molecule has 1 aromatic heterocycles. The SMILES string of the molecule is CCc1cc(=O)n(CCNC(=O)C(c2ccccc2)c2ccccc2)cn1. The van der Waals surface area contributed by atoms with Crippen LogP contribution in [-0.2, 0) is 17.8 Å². The molecule has 5 heteroatoms. The first-order valence-electron chi connectivity index (χ1n) is 9.12. The van der Waals surface area contributed by atoms with Gasteiger partial charge in [0.25, 0.3) is 5.56 Å². The molecule has 5 nitrogen and oxygen atoms in total. The fraction of sp³-hybridized carbons (Fsp3) is 0.227. The van der Waals surface area contributed by atoms with Crippen LogP contribution in [-0.4, -0.2) is 22.0 Å². The Labute approximate surface area is 158 Å². The summed E-state index contributed by atoms with van der Waals surface area (Å²) in [6, 6.07) is 20.9. The van der Waals surface area contributed by atoms with Gasteiger partial charge in [-0.25, -0.2) is 4.98 Å². The summed E-state index contributed by atoms with van der Waals surface area (Å²) in [5.74, 6) is -0.469. The van der Waals surface area contributed by atoms with Crippen LogP contribution in [0.1, 0.15) is 29.7 Å². The van der Waals surface area contributed by atoms with Crippen LogP contribution in [0.5, 0.6) is 0 Å². The van der Waals surface area contributed by atoms with Crippen LogP contribution in [0.2, 0.25) is 0 Å². The average molecular weight is 361 g/mol. The first kappa shape index (κ1) is 18.6. The molecule has 0 fully saturated rings. The lowest BCUT2D eigenvalue weighted by molar-refractivity contribution is -0.121. The van der Waals surface area contributed by atoms with E-state index in [2.05, 4.69) is 10.3 Å². The number of aromatic nitrogens is 2. The van der Waals surface area contributed by atoms with E-state index >= 15 is 0 Å². The van der Waals surface area contributed by atoms with Gasteiger partial charge in [-0.05, 0) is 17.5 Å². The third-order valence-electron chi connectivity index (χ3n) is 4.48. The Bertz CT molecular complexity index is 897. The summed E-state index contributed by atoms with van der Waals surface area (Å²) in [6.45, 7) is 2.71. The number of aryl methyl sites for hydroxylation is 1. The van der Waals surface area contributed by atoms with Gasteiger partial charge in [-0.1, -0.05) is 67.6 Å². The third kappa shape index (κ3) is 4.70. The number of amides is 1. The molecule has 1 heterocycles. The Balaban J connectivity index is 1.71. The minimum atomic E-state index is -0.385. The zero-order valence-corrected chi connectivity index (χ0v) is 15.3. The molecule has 27 heavy (non-hydrogen) atoms. The van der Waals surface area contributed by atoms with Crippen LogP contribution in [0.3, 0.4) is 0 Å². The van der Waals surface area contributed by atoms with Crippen LogP contribution < -0.4 is 10.9 Å². The fourth-order valence-corrected chi connectivity index (χ4v) is 3.01. The van der Waals surface area contributed by atoms with Crippen molar-refractivity contribution in [3.8, 4) is 0 Å². The molecule has 0 unspecified atom stereocenters. The van der Waals surface area contributed by atoms with Gasteiger partial charge < -0.3 is 5.32 Å². The highest BCUT2D eigenvalue weighted by Crippen LogP contribution is 2.24. The first-order valence-corrected chi connectivity index (χ1v) is 9.12. The predicted octanol–water partition coefficient (Wildman–Crippen LogP) is 2.75. The Morgan fingerprint density at radius 2 is 1.63 bits per heavy atom. The second-order valence-corrected chi connectivity index (χ2v) is 6.31. The second-order valence-electron chi connectivity index (χ2n) is 6.31. The molecule has 0 aliphatic carbocycles. The summed E-state index contributed by atoms with van der Waals surface area (Å²) in [5.41, 5.74) is 2.55. The van der Waals surface area contributed by atoms with Crippen LogP contribution in [0.25, 0.3) is 0 Å². The first-order chi connectivity index (χ1) is 13.2. The maximum absolute atomic E-state index is 12.9. The topological polar surface area (TPSA) is 64.0 Å². The molecule has 0 saturated heterocycles. The highest BCUT2D eigenvalue weighted by Gasteiger charge is 2.22. The van der Waals surface area contributed by atoms with Gasteiger partial charge in [-0.15, -0.1) is 0 Å². The molecule has 1 N–H and O–H groups in total. The molecule has 3 aromatic rings. The Kier molecular flexibility index (Phi) is 6.15. The molecule has 0 spiro atoms. The van der Waals surface area contributed by atoms with Gasteiger partial charge in [0.15, 0.2) is 0 Å². The summed E-state index contributed by atoms with van der Waals surface area (Å²) < 4.78 is 1.51. The normalized spacial score (nSPS) is 10.7. The molecule has 1 amide bonds. The molecule has 2 aromatic carbocycles. The summed E-state index contributed by atoms with van der Waals surface area (Å²) in [7, 11) is 0. The lowest BCUT2D eigenvalue weighted by Gasteiger charge is -2.18. The van der Waals surface area contributed by atoms with Crippen molar-refractivity contribution in [3.63, 3.8) is 0 Å². The summed E-state index contributed by atoms with van der Waals surface area (Å²) >= 11 is 0. The standard InChI is InChI=1S/C22H23N3O2/c1-2-19-15-20(26)25(16-24-19)14-13-23-22(27)21(17-9-5-3-6-10-17)18-11-7-4-8-12-18/h3-12,15-16,21H,2,13-14H2,1H3,(H,23,27). The van der Waals surface area contributed by atoms with Gasteiger partial charge in [-0.3, -0.25) is 14.2 Å². The molecule has 0 aliphatic heterocycles. The fourth-order valence-electron chi connectivity index (χ4n) is 3.01. The van der Waals surface area contributed by atoms with E-state index in [-0.39, 0.29) is 17.4 Å². The molecular formula is C22H23N3O2. The van der Waals surface area contributed by atoms with E-state index < -0.39 is 0 Å². The van der Waals surface area contributed by atoms with Crippen molar-refractivity contribution in [2.24, 2.45) is 0 Å². The lowest BCUT2D eigenvalue weighted by Crippen LogP contribution is -2.34. The number of benzene rings is 2. The summed E-state index contributed by atoms with van der Waals surface area (Å²) in [5, 5.41) is 2.96. The Morgan fingerprint density at radius 1 is 1.04 bits per heavy atom. The van der Waals surface area contributed by atoms with Gasteiger partial charge >= 0.3 is 0 Å². The number of carbonyl (C=O) groups excluding carboxylic acids is 1. The molecule has 0 atom stereocenters. The third-order valence-corrected chi connectivity index (χ3v) is 4.48. The van der Waals surface area contributed by atoms with Crippen molar-refractivity contribution in [3.05, 3.63) is 100 Å². The van der Waals surface area contributed by atoms with Crippen molar-refractivity contribution in [1.29, 1.82) is 0 Å². The molecular weight excluding hydrogens is 338 g/mol. The monoisotopic (exact) mass is 361 g/mol. The van der Waals surface area contributed by atoms with Crippen molar-refractivity contribution in [2.75, 3.05) is 6.54 Å². The average Bonchev–Trinajstić information content (AvgIpc) is 2.71. The van der Waals surface area contributed by atoms with Gasteiger partial charge in [-0.2, -0.15) is 0 Å². The molecule has 0 radical (unpaired) electrons. The predicted molar refractivity (Wildman–Crippen MR) is 106 cm³/mol. The molecule has 0 saturated carbocycles. The van der Waals surface area contributed by atoms with E-state index in [9.17, 15) is 9.59 Å². The lowest BCUT2D eigenvalue weighted by atomic mass is 9.90. The number of rotatable bonds is 7. The minimum absolute atomic E-state index is 0.0846. The van der Waals surface area contributed by atoms with Gasteiger partial charge in [0.05, 0.1) is 12.2 Å². The van der Waals surface area contributed by atoms with Crippen LogP contribution in [0, 0.1) is 0 Å². The zero-order chi connectivity index (χ0) is 19.1. The minimum Gasteiger partial charge on any atom is -0.353 e. The Morgan fingerprint density at radius 3 is 2.15 bits per heavy atom. The molecule has 0 bridgehead atoms. The second kappa shape index (κ2) is 8.94. The van der Waals surface area contributed by atoms with Crippen molar-refractivity contribution < 1.29 is 4.79 Å². The zero-order valence-electron chi connectivity index (χ0n) is 15.3. The number of carbonyl (C=O) groups is 1. The quantitative estimate of drug-likeness (QED) is 0.704. The van der Waals surface area contributed by atoms with E-state index in [0.29, 0.717) is 13.1 Å². The largest absolute Gasteiger partial charge is 0.353 e. The van der Waals surface area contributed by atoms with Gasteiger partial charge in [0.1, 0.15) is 0 Å². The van der Waals surface area contributed by atoms with E-state index in [1.165, 1.54) is 4.57 Å². The van der Waals surface area contributed by atoms with E-state index in [0.717, 1.165) is 23.2 Å². The number of nitrogens with zero attached hydrogens (tertiary/aromatic N) is 2. The number of nitrogens with one attached hydrogen (secondary N) is 1. The highest BCUT2D eigenvalue weighted by molar-refractivity contribution is 5.87. The van der Waals surface area contributed by atoms with Crippen LogP contribution in [0.15, 0.2) is 77.9 Å². The molecule has 0 aliphatic rings. The van der Waals surface area contributed by atoms with Gasteiger partial charge in [0.2, 0.25) is 5.91 Å². The number of hydrogen-bond donors (Lipinski definition) is 1. The molecule has 3 rings (SSSR count). The van der Waals surface area contributed by atoms with Crippen LogP contribution in [0.4, 0.5) is 0 Å². The number of hydrogen-bond acceptors (Lipinski definition) is 3. The van der Waals surface area contributed by atoms with E-state index in [1.54, 1.807) is 12.4 Å². The maximum atomic E-state index is 12.9. The van der Waals surface area contributed by atoms with Crippen molar-refractivity contribution in [1.82, 2.24) is 14.9 Å². The van der Waals surface area contributed by atoms with E-state index in [1.807, 2.05) is 67.6 Å². The summed E-state index contributed by atoms with van der Waals surface area (Å²) in [6.07, 6.45) is 2.27.